The summed E-state index contributed by atoms with van der Waals surface area (Å²) < 4.78 is 0. The standard InChI is InChI=1S/C20H43N/c1-5-7-8-9-10-11-12-13-14-15-16-20(18-19(3)4)21-17-6-2/h19-21H,5-18H2,1-4H3. The summed E-state index contributed by atoms with van der Waals surface area (Å²) in [5.74, 6) is 0.822. The van der Waals surface area contributed by atoms with Gasteiger partial charge in [0.2, 0.25) is 0 Å². The van der Waals surface area contributed by atoms with Crippen molar-refractivity contribution in [3.63, 3.8) is 0 Å². The van der Waals surface area contributed by atoms with Gasteiger partial charge in [-0.2, -0.15) is 0 Å². The lowest BCUT2D eigenvalue weighted by Crippen LogP contribution is -2.31. The molecular formula is C20H43N. The SMILES string of the molecule is CCCCCCCCCCCCC(CC(C)C)NCCC. The second-order valence-electron chi connectivity index (χ2n) is 7.25. The van der Waals surface area contributed by atoms with Crippen LogP contribution in [-0.2, 0) is 0 Å². The van der Waals surface area contributed by atoms with Crippen molar-refractivity contribution in [2.75, 3.05) is 6.54 Å². The molecule has 0 heterocycles. The number of hydrogen-bond acceptors (Lipinski definition) is 1. The smallest absolute Gasteiger partial charge is 0.00694 e. The molecule has 0 aromatic carbocycles. The Morgan fingerprint density at radius 2 is 1.19 bits per heavy atom. The van der Waals surface area contributed by atoms with E-state index < -0.39 is 0 Å². The Hall–Kier alpha value is -0.0400. The van der Waals surface area contributed by atoms with Crippen molar-refractivity contribution in [1.82, 2.24) is 5.32 Å². The highest BCUT2D eigenvalue weighted by Crippen LogP contribution is 2.15. The van der Waals surface area contributed by atoms with E-state index >= 15 is 0 Å². The quantitative estimate of drug-likeness (QED) is 0.312. The third kappa shape index (κ3) is 16.2. The van der Waals surface area contributed by atoms with E-state index in [1.807, 2.05) is 0 Å². The number of rotatable bonds is 16. The van der Waals surface area contributed by atoms with Crippen LogP contribution in [0.5, 0.6) is 0 Å². The molecule has 0 bridgehead atoms. The van der Waals surface area contributed by atoms with E-state index in [-0.39, 0.29) is 0 Å². The van der Waals surface area contributed by atoms with Crippen molar-refractivity contribution in [3.05, 3.63) is 0 Å². The summed E-state index contributed by atoms with van der Waals surface area (Å²) >= 11 is 0. The van der Waals surface area contributed by atoms with Gasteiger partial charge in [0.1, 0.15) is 0 Å². The van der Waals surface area contributed by atoms with Gasteiger partial charge in [-0.3, -0.25) is 0 Å². The van der Waals surface area contributed by atoms with Gasteiger partial charge in [-0.15, -0.1) is 0 Å². The zero-order valence-electron chi connectivity index (χ0n) is 15.6. The predicted octanol–water partition coefficient (Wildman–Crippen LogP) is 6.71. The molecule has 1 N–H and O–H groups in total. The topological polar surface area (TPSA) is 12.0 Å². The van der Waals surface area contributed by atoms with Crippen LogP contribution in [0.4, 0.5) is 0 Å². The van der Waals surface area contributed by atoms with Crippen LogP contribution < -0.4 is 5.32 Å². The Bertz CT molecular complexity index is 188. The van der Waals surface area contributed by atoms with Crippen molar-refractivity contribution in [3.8, 4) is 0 Å². The van der Waals surface area contributed by atoms with Crippen LogP contribution >= 0.6 is 0 Å². The molecule has 0 aliphatic rings. The van der Waals surface area contributed by atoms with Gasteiger partial charge in [0.25, 0.3) is 0 Å². The van der Waals surface area contributed by atoms with E-state index in [1.165, 1.54) is 90.0 Å². The molecule has 0 spiro atoms. The van der Waals surface area contributed by atoms with Crippen molar-refractivity contribution in [2.45, 2.75) is 117 Å². The third-order valence-electron chi connectivity index (χ3n) is 4.35. The maximum absolute atomic E-state index is 3.73. The second-order valence-corrected chi connectivity index (χ2v) is 7.25. The lowest BCUT2D eigenvalue weighted by Gasteiger charge is -2.20. The molecule has 0 saturated carbocycles. The van der Waals surface area contributed by atoms with Gasteiger partial charge in [-0.25, -0.2) is 0 Å². The highest BCUT2D eigenvalue weighted by molar-refractivity contribution is 4.68. The van der Waals surface area contributed by atoms with Gasteiger partial charge in [-0.05, 0) is 31.7 Å². The minimum absolute atomic E-state index is 0.763. The Morgan fingerprint density at radius 3 is 1.67 bits per heavy atom. The molecule has 1 atom stereocenters. The summed E-state index contributed by atoms with van der Waals surface area (Å²) in [4.78, 5) is 0. The molecule has 0 rings (SSSR count). The van der Waals surface area contributed by atoms with Crippen molar-refractivity contribution < 1.29 is 0 Å². The van der Waals surface area contributed by atoms with Gasteiger partial charge in [-0.1, -0.05) is 91.9 Å². The van der Waals surface area contributed by atoms with E-state index in [9.17, 15) is 0 Å². The number of unbranched alkanes of at least 4 members (excludes halogenated alkanes) is 9. The minimum Gasteiger partial charge on any atom is -0.314 e. The molecule has 0 fully saturated rings. The zero-order valence-corrected chi connectivity index (χ0v) is 15.6. The summed E-state index contributed by atoms with van der Waals surface area (Å²) in [5, 5.41) is 3.73. The molecule has 1 heteroatoms. The summed E-state index contributed by atoms with van der Waals surface area (Å²) in [6.45, 7) is 10.4. The molecule has 128 valence electrons. The van der Waals surface area contributed by atoms with E-state index in [2.05, 4.69) is 33.0 Å². The fourth-order valence-electron chi connectivity index (χ4n) is 3.10. The van der Waals surface area contributed by atoms with E-state index in [0.717, 1.165) is 12.0 Å². The maximum Gasteiger partial charge on any atom is 0.00694 e. The Balaban J connectivity index is 3.40. The first-order valence-corrected chi connectivity index (χ1v) is 9.94. The molecule has 0 aliphatic carbocycles. The van der Waals surface area contributed by atoms with Crippen LogP contribution in [0, 0.1) is 5.92 Å². The average molecular weight is 298 g/mol. The van der Waals surface area contributed by atoms with Crippen LogP contribution in [0.1, 0.15) is 111 Å². The van der Waals surface area contributed by atoms with Crippen LogP contribution in [0.3, 0.4) is 0 Å². The first-order chi connectivity index (χ1) is 10.2. The number of nitrogens with one attached hydrogen (secondary N) is 1. The minimum atomic E-state index is 0.763. The van der Waals surface area contributed by atoms with Gasteiger partial charge in [0, 0.05) is 6.04 Å². The monoisotopic (exact) mass is 297 g/mol. The third-order valence-corrected chi connectivity index (χ3v) is 4.35. The molecular weight excluding hydrogens is 254 g/mol. The summed E-state index contributed by atoms with van der Waals surface area (Å²) in [7, 11) is 0. The lowest BCUT2D eigenvalue weighted by molar-refractivity contribution is 0.384. The highest BCUT2D eigenvalue weighted by Gasteiger charge is 2.09. The molecule has 0 radical (unpaired) electrons. The molecule has 0 aromatic heterocycles. The zero-order chi connectivity index (χ0) is 15.8. The van der Waals surface area contributed by atoms with Crippen LogP contribution in [0.2, 0.25) is 0 Å². The fraction of sp³-hybridized carbons (Fsp3) is 1.00. The normalized spacial score (nSPS) is 13.0. The Kier molecular flexibility index (Phi) is 16.3. The van der Waals surface area contributed by atoms with Crippen molar-refractivity contribution >= 4 is 0 Å². The van der Waals surface area contributed by atoms with E-state index in [4.69, 9.17) is 0 Å². The largest absolute Gasteiger partial charge is 0.314 e. The first-order valence-electron chi connectivity index (χ1n) is 9.94. The molecule has 0 amide bonds. The van der Waals surface area contributed by atoms with Gasteiger partial charge < -0.3 is 5.32 Å². The summed E-state index contributed by atoms with van der Waals surface area (Å²) in [5.41, 5.74) is 0. The van der Waals surface area contributed by atoms with Gasteiger partial charge in [0.15, 0.2) is 0 Å². The van der Waals surface area contributed by atoms with Crippen LogP contribution in [-0.4, -0.2) is 12.6 Å². The molecule has 1 unspecified atom stereocenters. The van der Waals surface area contributed by atoms with E-state index in [1.54, 1.807) is 0 Å². The van der Waals surface area contributed by atoms with Gasteiger partial charge in [0.05, 0.1) is 0 Å². The molecule has 1 nitrogen and oxygen atoms in total. The number of hydrogen-bond donors (Lipinski definition) is 1. The Morgan fingerprint density at radius 1 is 0.667 bits per heavy atom. The fourth-order valence-corrected chi connectivity index (χ4v) is 3.10. The summed E-state index contributed by atoms with van der Waals surface area (Å²) in [6, 6.07) is 0.763. The first kappa shape index (κ1) is 21.0. The summed E-state index contributed by atoms with van der Waals surface area (Å²) in [6.07, 6.45) is 18.4. The molecule has 0 aromatic rings. The molecule has 0 saturated heterocycles. The van der Waals surface area contributed by atoms with Gasteiger partial charge >= 0.3 is 0 Å². The second kappa shape index (κ2) is 16.3. The van der Waals surface area contributed by atoms with Crippen molar-refractivity contribution in [1.29, 1.82) is 0 Å². The van der Waals surface area contributed by atoms with E-state index in [0.29, 0.717) is 0 Å². The van der Waals surface area contributed by atoms with Crippen LogP contribution in [0.15, 0.2) is 0 Å². The predicted molar refractivity (Wildman–Crippen MR) is 98.0 cm³/mol. The lowest BCUT2D eigenvalue weighted by atomic mass is 9.97. The molecule has 0 aliphatic heterocycles. The van der Waals surface area contributed by atoms with Crippen molar-refractivity contribution in [2.24, 2.45) is 5.92 Å². The highest BCUT2D eigenvalue weighted by atomic mass is 14.9. The maximum atomic E-state index is 3.73. The molecule has 21 heavy (non-hydrogen) atoms. The Labute approximate surface area is 135 Å². The average Bonchev–Trinajstić information content (AvgIpc) is 2.46. The van der Waals surface area contributed by atoms with Crippen LogP contribution in [0.25, 0.3) is 0 Å².